The molecule has 0 bridgehead atoms. The number of alkyl halides is 3. The summed E-state index contributed by atoms with van der Waals surface area (Å²) in [6.07, 6.45) is -5.35. The normalized spacial score (nSPS) is 25.8. The molecule has 1 N–H and O–H groups in total. The highest BCUT2D eigenvalue weighted by molar-refractivity contribution is 6.18. The van der Waals surface area contributed by atoms with Crippen LogP contribution < -0.4 is 4.90 Å². The molecule has 1 heterocycles. The number of ketones is 1. The molecule has 26 heavy (non-hydrogen) atoms. The first-order valence-electron chi connectivity index (χ1n) is 8.27. The molecule has 4 nitrogen and oxygen atoms in total. The van der Waals surface area contributed by atoms with Crippen LogP contribution in [0.5, 0.6) is 0 Å². The fourth-order valence-electron chi connectivity index (χ4n) is 3.68. The van der Waals surface area contributed by atoms with Crippen molar-refractivity contribution in [3.05, 3.63) is 40.6 Å². The Morgan fingerprint density at radius 3 is 2.23 bits per heavy atom. The van der Waals surface area contributed by atoms with Gasteiger partial charge in [-0.2, -0.15) is 13.2 Å². The number of anilines is 1. The van der Waals surface area contributed by atoms with Crippen molar-refractivity contribution in [1.29, 1.82) is 0 Å². The van der Waals surface area contributed by atoms with Gasteiger partial charge in [-0.1, -0.05) is 19.9 Å². The van der Waals surface area contributed by atoms with E-state index in [-0.39, 0.29) is 24.2 Å². The maximum Gasteiger partial charge on any atom is 0.430 e. The zero-order chi connectivity index (χ0) is 19.7. The molecule has 0 unspecified atom stereocenters. The first-order chi connectivity index (χ1) is 11.8. The second-order valence-electron chi connectivity index (χ2n) is 7.88. The van der Waals surface area contributed by atoms with Gasteiger partial charge in [-0.25, -0.2) is 0 Å². The number of amides is 1. The second-order valence-corrected chi connectivity index (χ2v) is 7.88. The average molecular weight is 367 g/mol. The standard InChI is InChI=1S/C19H20F3NO3/c1-10-5-6-12(7-11(10)2)23-13-8-17(3,4)9-14(24)15(13)18(26,16(23)25)19(20,21)22/h5-7,26H,8-9H2,1-4H3/t18-/m1/s1. The van der Waals surface area contributed by atoms with E-state index in [1.807, 2.05) is 6.92 Å². The number of hydrogen-bond acceptors (Lipinski definition) is 3. The van der Waals surface area contributed by atoms with Crippen molar-refractivity contribution in [3.8, 4) is 0 Å². The molecule has 1 aliphatic heterocycles. The number of rotatable bonds is 1. The van der Waals surface area contributed by atoms with E-state index < -0.39 is 34.5 Å². The Labute approximate surface area is 149 Å². The zero-order valence-corrected chi connectivity index (χ0v) is 15.0. The molecule has 0 saturated heterocycles. The minimum absolute atomic E-state index is 0.0562. The number of nitrogens with zero attached hydrogens (tertiary/aromatic N) is 1. The zero-order valence-electron chi connectivity index (χ0n) is 15.0. The number of aliphatic hydroxyl groups is 1. The second kappa shape index (κ2) is 5.42. The Balaban J connectivity index is 2.27. The van der Waals surface area contributed by atoms with Crippen molar-refractivity contribution in [3.63, 3.8) is 0 Å². The van der Waals surface area contributed by atoms with Gasteiger partial charge in [0.15, 0.2) is 5.78 Å². The van der Waals surface area contributed by atoms with E-state index in [2.05, 4.69) is 0 Å². The minimum atomic E-state index is -5.28. The van der Waals surface area contributed by atoms with E-state index >= 15 is 0 Å². The first kappa shape index (κ1) is 18.6. The predicted octanol–water partition coefficient (Wildman–Crippen LogP) is 3.59. The minimum Gasteiger partial charge on any atom is -0.368 e. The predicted molar refractivity (Wildman–Crippen MR) is 89.5 cm³/mol. The first-order valence-corrected chi connectivity index (χ1v) is 8.27. The maximum absolute atomic E-state index is 13.7. The lowest BCUT2D eigenvalue weighted by atomic mass is 9.73. The molecule has 1 atom stereocenters. The molecule has 0 radical (unpaired) electrons. The Morgan fingerprint density at radius 2 is 1.69 bits per heavy atom. The van der Waals surface area contributed by atoms with Crippen LogP contribution >= 0.6 is 0 Å². The summed E-state index contributed by atoms with van der Waals surface area (Å²) in [5.41, 5.74) is -3.36. The van der Waals surface area contributed by atoms with E-state index in [0.717, 1.165) is 16.0 Å². The SMILES string of the molecule is Cc1ccc(N2C(=O)[C@@](O)(C(F)(F)F)C3=C2CC(C)(C)CC3=O)cc1C. The van der Waals surface area contributed by atoms with Gasteiger partial charge in [0.25, 0.3) is 11.5 Å². The lowest BCUT2D eigenvalue weighted by Gasteiger charge is -2.33. The fraction of sp³-hybridized carbons (Fsp3) is 0.474. The molecule has 7 heteroatoms. The topological polar surface area (TPSA) is 57.6 Å². The average Bonchev–Trinajstić information content (AvgIpc) is 2.70. The monoisotopic (exact) mass is 367 g/mol. The molecule has 0 saturated carbocycles. The molecule has 1 amide bonds. The van der Waals surface area contributed by atoms with E-state index in [4.69, 9.17) is 0 Å². The summed E-state index contributed by atoms with van der Waals surface area (Å²) in [6.45, 7) is 7.13. The van der Waals surface area contributed by atoms with Crippen molar-refractivity contribution < 1.29 is 27.9 Å². The highest BCUT2D eigenvalue weighted by atomic mass is 19.4. The van der Waals surface area contributed by atoms with Crippen molar-refractivity contribution in [2.45, 2.75) is 52.3 Å². The van der Waals surface area contributed by atoms with Crippen LogP contribution in [0.4, 0.5) is 18.9 Å². The molecule has 1 aliphatic carbocycles. The van der Waals surface area contributed by atoms with Gasteiger partial charge in [0.1, 0.15) is 0 Å². The number of Topliss-reactive ketones (excluding diaryl/α,β-unsaturated/α-hetero) is 1. The molecule has 0 fully saturated rings. The number of allylic oxidation sites excluding steroid dienone is 1. The molecule has 140 valence electrons. The van der Waals surface area contributed by atoms with Gasteiger partial charge in [-0.15, -0.1) is 0 Å². The number of carbonyl (C=O) groups excluding carboxylic acids is 2. The number of carbonyl (C=O) groups is 2. The van der Waals surface area contributed by atoms with E-state index in [1.54, 1.807) is 32.9 Å². The summed E-state index contributed by atoms with van der Waals surface area (Å²) in [5.74, 6) is -2.37. The maximum atomic E-state index is 13.7. The molecular weight excluding hydrogens is 347 g/mol. The van der Waals surface area contributed by atoms with Crippen molar-refractivity contribution >= 4 is 17.4 Å². The molecule has 1 aromatic rings. The van der Waals surface area contributed by atoms with Crippen LogP contribution in [0.3, 0.4) is 0 Å². The Kier molecular flexibility index (Phi) is 3.89. The van der Waals surface area contributed by atoms with E-state index in [0.29, 0.717) is 0 Å². The summed E-state index contributed by atoms with van der Waals surface area (Å²) < 4.78 is 41.0. The summed E-state index contributed by atoms with van der Waals surface area (Å²) in [6, 6.07) is 4.81. The number of aryl methyl sites for hydroxylation is 2. The summed E-state index contributed by atoms with van der Waals surface area (Å²) in [7, 11) is 0. The van der Waals surface area contributed by atoms with Gasteiger partial charge in [0.2, 0.25) is 0 Å². The van der Waals surface area contributed by atoms with Crippen molar-refractivity contribution in [2.75, 3.05) is 4.90 Å². The van der Waals surface area contributed by atoms with Crippen LogP contribution in [0.1, 0.15) is 37.8 Å². The molecule has 0 spiro atoms. The quantitative estimate of drug-likeness (QED) is 0.825. The van der Waals surface area contributed by atoms with Crippen LogP contribution in [-0.2, 0) is 9.59 Å². The number of hydrogen-bond donors (Lipinski definition) is 1. The van der Waals surface area contributed by atoms with E-state index in [9.17, 15) is 27.9 Å². The van der Waals surface area contributed by atoms with E-state index in [1.165, 1.54) is 6.07 Å². The van der Waals surface area contributed by atoms with Gasteiger partial charge in [-0.05, 0) is 48.9 Å². The van der Waals surface area contributed by atoms with Gasteiger partial charge < -0.3 is 5.11 Å². The largest absolute Gasteiger partial charge is 0.430 e. The van der Waals surface area contributed by atoms with Gasteiger partial charge in [-0.3, -0.25) is 14.5 Å². The Morgan fingerprint density at radius 1 is 1.08 bits per heavy atom. The third kappa shape index (κ3) is 2.48. The lowest BCUT2D eigenvalue weighted by Crippen LogP contribution is -2.55. The number of benzene rings is 1. The van der Waals surface area contributed by atoms with Gasteiger partial charge in [0, 0.05) is 17.8 Å². The van der Waals surface area contributed by atoms with Crippen LogP contribution in [0, 0.1) is 19.3 Å². The van der Waals surface area contributed by atoms with Gasteiger partial charge >= 0.3 is 6.18 Å². The van der Waals surface area contributed by atoms with Crippen LogP contribution in [0.25, 0.3) is 0 Å². The van der Waals surface area contributed by atoms with Gasteiger partial charge in [0.05, 0.1) is 5.57 Å². The molecule has 1 aromatic carbocycles. The third-order valence-corrected chi connectivity index (χ3v) is 5.16. The fourth-order valence-corrected chi connectivity index (χ4v) is 3.68. The molecule has 2 aliphatic rings. The van der Waals surface area contributed by atoms with Crippen molar-refractivity contribution in [1.82, 2.24) is 0 Å². The Bertz CT molecular complexity index is 854. The van der Waals surface area contributed by atoms with Crippen molar-refractivity contribution in [2.24, 2.45) is 5.41 Å². The smallest absolute Gasteiger partial charge is 0.368 e. The molecular formula is C19H20F3NO3. The van der Waals surface area contributed by atoms with Crippen LogP contribution in [0.2, 0.25) is 0 Å². The molecule has 3 rings (SSSR count). The highest BCUT2D eigenvalue weighted by Gasteiger charge is 2.70. The summed E-state index contributed by atoms with van der Waals surface area (Å²) >= 11 is 0. The highest BCUT2D eigenvalue weighted by Crippen LogP contribution is 2.52. The lowest BCUT2D eigenvalue weighted by molar-refractivity contribution is -0.235. The Hall–Kier alpha value is -2.15. The summed E-state index contributed by atoms with van der Waals surface area (Å²) in [4.78, 5) is 26.1. The summed E-state index contributed by atoms with van der Waals surface area (Å²) in [5, 5.41) is 10.4. The van der Waals surface area contributed by atoms with Crippen LogP contribution in [0.15, 0.2) is 29.5 Å². The van der Waals surface area contributed by atoms with Crippen LogP contribution in [-0.4, -0.2) is 28.6 Å². The number of halogens is 3. The third-order valence-electron chi connectivity index (χ3n) is 5.16. The molecule has 0 aromatic heterocycles.